The van der Waals surface area contributed by atoms with E-state index < -0.39 is 22.2 Å². The molecule has 8 heteroatoms. The van der Waals surface area contributed by atoms with Crippen molar-refractivity contribution >= 4 is 16.2 Å². The van der Waals surface area contributed by atoms with Crippen molar-refractivity contribution in [3.05, 3.63) is 0 Å². The zero-order valence-electron chi connectivity index (χ0n) is 10.3. The van der Waals surface area contributed by atoms with E-state index in [-0.39, 0.29) is 26.1 Å². The predicted octanol–water partition coefficient (Wildman–Crippen LogP) is -0.348. The van der Waals surface area contributed by atoms with Gasteiger partial charge in [0.1, 0.15) is 0 Å². The van der Waals surface area contributed by atoms with E-state index in [1.54, 1.807) is 13.8 Å². The molecule has 1 unspecified atom stereocenters. The van der Waals surface area contributed by atoms with Crippen molar-refractivity contribution in [2.24, 2.45) is 0 Å². The van der Waals surface area contributed by atoms with Gasteiger partial charge in [-0.1, -0.05) is 6.92 Å². The maximum absolute atomic E-state index is 11.8. The Kier molecular flexibility index (Phi) is 7.28. The molecule has 0 bridgehead atoms. The molecule has 0 fully saturated rings. The zero-order valence-corrected chi connectivity index (χ0v) is 11.2. The molecule has 102 valence electrons. The second-order valence-corrected chi connectivity index (χ2v) is 5.25. The van der Waals surface area contributed by atoms with Gasteiger partial charge in [0.05, 0.1) is 13.0 Å². The van der Waals surface area contributed by atoms with E-state index in [9.17, 15) is 13.2 Å². The summed E-state index contributed by atoms with van der Waals surface area (Å²) >= 11 is 0. The highest BCUT2D eigenvalue weighted by molar-refractivity contribution is 7.87. The van der Waals surface area contributed by atoms with Gasteiger partial charge in [-0.05, 0) is 6.92 Å². The fourth-order valence-electron chi connectivity index (χ4n) is 1.43. The van der Waals surface area contributed by atoms with Crippen LogP contribution in [0.1, 0.15) is 20.3 Å². The minimum atomic E-state index is -3.65. The Hall–Kier alpha value is -0.700. The number of hydrogen-bond donors (Lipinski definition) is 2. The molecule has 0 spiro atoms. The molecule has 0 heterocycles. The summed E-state index contributed by atoms with van der Waals surface area (Å²) in [6.45, 7) is 3.87. The molecular weight excluding hydrogens is 248 g/mol. The van der Waals surface area contributed by atoms with Crippen LogP contribution >= 0.6 is 0 Å². The maximum Gasteiger partial charge on any atom is 0.304 e. The predicted molar refractivity (Wildman–Crippen MR) is 62.9 cm³/mol. The Morgan fingerprint density at radius 1 is 1.53 bits per heavy atom. The van der Waals surface area contributed by atoms with Crippen LogP contribution in [0.3, 0.4) is 0 Å². The van der Waals surface area contributed by atoms with Gasteiger partial charge in [0, 0.05) is 26.2 Å². The molecular formula is C9H20N2O5S. The SMILES string of the molecule is CCN(C(C)CC(=O)O)S(=O)(=O)NCCOC. The lowest BCUT2D eigenvalue weighted by molar-refractivity contribution is -0.137. The molecule has 0 saturated carbocycles. The normalized spacial score (nSPS) is 13.9. The summed E-state index contributed by atoms with van der Waals surface area (Å²) in [6, 6.07) is -0.586. The van der Waals surface area contributed by atoms with Gasteiger partial charge in [-0.25, -0.2) is 0 Å². The van der Waals surface area contributed by atoms with Crippen molar-refractivity contribution in [2.45, 2.75) is 26.3 Å². The summed E-state index contributed by atoms with van der Waals surface area (Å²) in [5, 5.41) is 8.65. The summed E-state index contributed by atoms with van der Waals surface area (Å²) in [5.41, 5.74) is 0. The van der Waals surface area contributed by atoms with Gasteiger partial charge in [-0.15, -0.1) is 0 Å². The second-order valence-electron chi connectivity index (χ2n) is 3.54. The van der Waals surface area contributed by atoms with E-state index in [0.29, 0.717) is 0 Å². The van der Waals surface area contributed by atoms with Crippen molar-refractivity contribution in [1.29, 1.82) is 0 Å². The van der Waals surface area contributed by atoms with Gasteiger partial charge in [-0.2, -0.15) is 17.4 Å². The zero-order chi connectivity index (χ0) is 13.5. The Labute approximate surface area is 102 Å². The summed E-state index contributed by atoms with van der Waals surface area (Å²) in [6.07, 6.45) is -0.223. The van der Waals surface area contributed by atoms with Crippen molar-refractivity contribution in [2.75, 3.05) is 26.8 Å². The van der Waals surface area contributed by atoms with E-state index in [0.717, 1.165) is 4.31 Å². The molecule has 17 heavy (non-hydrogen) atoms. The Morgan fingerprint density at radius 2 is 2.12 bits per heavy atom. The van der Waals surface area contributed by atoms with Crippen LogP contribution in [-0.2, 0) is 19.7 Å². The number of carbonyl (C=O) groups is 1. The van der Waals surface area contributed by atoms with Gasteiger partial charge in [-0.3, -0.25) is 4.79 Å². The minimum absolute atomic E-state index is 0.162. The molecule has 1 atom stereocenters. The van der Waals surface area contributed by atoms with Gasteiger partial charge < -0.3 is 9.84 Å². The van der Waals surface area contributed by atoms with E-state index in [1.807, 2.05) is 0 Å². The number of carboxylic acids is 1. The lowest BCUT2D eigenvalue weighted by Crippen LogP contribution is -2.46. The molecule has 0 amide bonds. The van der Waals surface area contributed by atoms with Crippen LogP contribution in [0.4, 0.5) is 0 Å². The molecule has 0 aliphatic heterocycles. The summed E-state index contributed by atoms with van der Waals surface area (Å²) in [5.74, 6) is -1.02. The lowest BCUT2D eigenvalue weighted by atomic mass is 10.2. The summed E-state index contributed by atoms with van der Waals surface area (Å²) in [4.78, 5) is 10.6. The van der Waals surface area contributed by atoms with Gasteiger partial charge in [0.25, 0.3) is 10.2 Å². The van der Waals surface area contributed by atoms with Crippen molar-refractivity contribution in [1.82, 2.24) is 9.03 Å². The Morgan fingerprint density at radius 3 is 2.53 bits per heavy atom. The number of carboxylic acid groups (broad SMARTS) is 1. The average molecular weight is 268 g/mol. The Bertz CT molecular complexity index is 330. The first-order valence-electron chi connectivity index (χ1n) is 5.32. The summed E-state index contributed by atoms with van der Waals surface area (Å²) in [7, 11) is -2.18. The molecule has 0 aliphatic rings. The third-order valence-electron chi connectivity index (χ3n) is 2.17. The number of hydrogen-bond acceptors (Lipinski definition) is 4. The van der Waals surface area contributed by atoms with Gasteiger partial charge in [0.2, 0.25) is 0 Å². The number of nitrogens with zero attached hydrogens (tertiary/aromatic N) is 1. The molecule has 0 rings (SSSR count). The van der Waals surface area contributed by atoms with Crippen LogP contribution in [0.2, 0.25) is 0 Å². The number of ether oxygens (including phenoxy) is 1. The van der Waals surface area contributed by atoms with Crippen LogP contribution in [0.5, 0.6) is 0 Å². The van der Waals surface area contributed by atoms with E-state index in [2.05, 4.69) is 4.72 Å². The molecule has 0 radical (unpaired) electrons. The van der Waals surface area contributed by atoms with Crippen molar-refractivity contribution in [3.63, 3.8) is 0 Å². The van der Waals surface area contributed by atoms with E-state index in [4.69, 9.17) is 9.84 Å². The highest BCUT2D eigenvalue weighted by Crippen LogP contribution is 2.08. The minimum Gasteiger partial charge on any atom is -0.481 e. The first-order chi connectivity index (χ1) is 7.85. The molecule has 0 aromatic rings. The number of nitrogens with one attached hydrogen (secondary N) is 1. The van der Waals surface area contributed by atoms with Crippen LogP contribution in [0.25, 0.3) is 0 Å². The van der Waals surface area contributed by atoms with Crippen molar-refractivity contribution < 1.29 is 23.1 Å². The molecule has 2 N–H and O–H groups in total. The Balaban J connectivity index is 4.56. The smallest absolute Gasteiger partial charge is 0.304 e. The van der Waals surface area contributed by atoms with Crippen molar-refractivity contribution in [3.8, 4) is 0 Å². The first kappa shape index (κ1) is 16.3. The van der Waals surface area contributed by atoms with E-state index >= 15 is 0 Å². The quantitative estimate of drug-likeness (QED) is 0.557. The largest absolute Gasteiger partial charge is 0.481 e. The fraction of sp³-hybridized carbons (Fsp3) is 0.889. The molecule has 7 nitrogen and oxygen atoms in total. The highest BCUT2D eigenvalue weighted by Gasteiger charge is 2.26. The maximum atomic E-state index is 11.8. The molecule has 0 saturated heterocycles. The standard InChI is InChI=1S/C9H20N2O5S/c1-4-11(8(2)7-9(12)13)17(14,15)10-5-6-16-3/h8,10H,4-7H2,1-3H3,(H,12,13). The van der Waals surface area contributed by atoms with Crippen LogP contribution in [0, 0.1) is 0 Å². The number of rotatable bonds is 9. The highest BCUT2D eigenvalue weighted by atomic mass is 32.2. The van der Waals surface area contributed by atoms with Crippen LogP contribution in [0.15, 0.2) is 0 Å². The van der Waals surface area contributed by atoms with Crippen LogP contribution in [-0.4, -0.2) is 56.6 Å². The van der Waals surface area contributed by atoms with Crippen LogP contribution < -0.4 is 4.72 Å². The molecule has 0 aliphatic carbocycles. The number of aliphatic carboxylic acids is 1. The third-order valence-corrected chi connectivity index (χ3v) is 3.98. The fourth-order valence-corrected chi connectivity index (χ4v) is 2.82. The van der Waals surface area contributed by atoms with Gasteiger partial charge >= 0.3 is 5.97 Å². The number of methoxy groups -OCH3 is 1. The molecule has 0 aromatic carbocycles. The second kappa shape index (κ2) is 7.59. The molecule has 0 aromatic heterocycles. The van der Waals surface area contributed by atoms with Gasteiger partial charge in [0.15, 0.2) is 0 Å². The topological polar surface area (TPSA) is 95.9 Å². The third kappa shape index (κ3) is 5.97. The monoisotopic (exact) mass is 268 g/mol. The lowest BCUT2D eigenvalue weighted by Gasteiger charge is -2.26. The van der Waals surface area contributed by atoms with E-state index in [1.165, 1.54) is 7.11 Å². The average Bonchev–Trinajstić information content (AvgIpc) is 2.16. The first-order valence-corrected chi connectivity index (χ1v) is 6.76. The summed E-state index contributed by atoms with van der Waals surface area (Å²) < 4.78 is 31.9.